The van der Waals surface area contributed by atoms with Gasteiger partial charge in [-0.05, 0) is 59.0 Å². The van der Waals surface area contributed by atoms with Crippen molar-refractivity contribution in [2.45, 2.75) is 31.9 Å². The van der Waals surface area contributed by atoms with E-state index in [4.69, 9.17) is 38.2 Å². The standard InChI is InChI=1S/C42H34FN4O17PS2/c1-19(48)60-37-28(14-31-35(39(37)62-21(3)50)41(52)45-7-9-58-31)26-11-24-12-34(67(56,57)47-18-65(54,55)64-25-6-5-23(17-44)30(43)13-25)66-33(24)16-27(26)29-15-32-36(42(53)46-8-10-59-32)40(63-22(4)51)38(29)61-20(2)49/h5-6,11-16,47H,7-10,18H2,1-4H3,(H,45,52)(H,46,53)(H,54,55). The molecule has 1 unspecified atom stereocenters. The average Bonchev–Trinajstić information content (AvgIpc) is 3.47. The van der Waals surface area contributed by atoms with Gasteiger partial charge in [0.15, 0.2) is 23.0 Å². The first kappa shape index (κ1) is 47.5. The minimum atomic E-state index is -4.88. The zero-order valence-corrected chi connectivity index (χ0v) is 37.7. The largest absolute Gasteiger partial charge is 0.491 e. The molecule has 5 aromatic rings. The van der Waals surface area contributed by atoms with Crippen LogP contribution in [0.3, 0.4) is 0 Å². The zero-order valence-electron chi connectivity index (χ0n) is 35.2. The summed E-state index contributed by atoms with van der Waals surface area (Å²) in [6.07, 6.45) is -1.21. The molecule has 1 aromatic heterocycles. The third-order valence-corrected chi connectivity index (χ3v) is 13.6. The molecule has 2 aliphatic rings. The summed E-state index contributed by atoms with van der Waals surface area (Å²) < 4.78 is 95.9. The van der Waals surface area contributed by atoms with Crippen molar-refractivity contribution in [3.63, 3.8) is 0 Å². The van der Waals surface area contributed by atoms with Crippen molar-refractivity contribution < 1.29 is 84.0 Å². The van der Waals surface area contributed by atoms with Gasteiger partial charge in [-0.2, -0.15) is 9.98 Å². The number of hydrogen-bond donors (Lipinski definition) is 4. The molecule has 1 atom stereocenters. The van der Waals surface area contributed by atoms with E-state index < -0.39 is 98.4 Å². The molecule has 7 rings (SSSR count). The molecular weight excluding hydrogens is 947 g/mol. The second-order valence-corrected chi connectivity index (χ2v) is 19.1. The molecule has 0 fully saturated rings. The Balaban J connectivity index is 1.50. The third kappa shape index (κ3) is 10.2. The monoisotopic (exact) mass is 980 g/mol. The summed E-state index contributed by atoms with van der Waals surface area (Å²) in [5.41, 5.74) is -1.38. The Kier molecular flexibility index (Phi) is 13.4. The number of carbonyl (C=O) groups excluding carboxylic acids is 6. The highest BCUT2D eigenvalue weighted by atomic mass is 32.2. The highest BCUT2D eigenvalue weighted by Crippen LogP contribution is 2.54. The Labute approximate surface area is 382 Å². The van der Waals surface area contributed by atoms with Gasteiger partial charge in [0.1, 0.15) is 64.0 Å². The van der Waals surface area contributed by atoms with Crippen molar-refractivity contribution in [1.29, 1.82) is 5.26 Å². The molecule has 2 amide bonds. The Bertz CT molecular complexity index is 3040. The summed E-state index contributed by atoms with van der Waals surface area (Å²) in [5.74, 6) is -9.33. The molecule has 2 aliphatic heterocycles. The summed E-state index contributed by atoms with van der Waals surface area (Å²) in [7, 11) is -9.57. The third-order valence-electron chi connectivity index (χ3n) is 9.37. The molecule has 0 saturated heterocycles. The van der Waals surface area contributed by atoms with Crippen LogP contribution in [0, 0.1) is 17.1 Å². The van der Waals surface area contributed by atoms with Crippen molar-refractivity contribution in [3.05, 3.63) is 71.0 Å². The summed E-state index contributed by atoms with van der Waals surface area (Å²) in [4.78, 5) is 88.5. The second-order valence-electron chi connectivity index (χ2n) is 14.3. The fourth-order valence-corrected chi connectivity index (χ4v) is 10.8. The highest BCUT2D eigenvalue weighted by Gasteiger charge is 2.36. The Morgan fingerprint density at radius 1 is 0.776 bits per heavy atom. The molecule has 0 bridgehead atoms. The van der Waals surface area contributed by atoms with Gasteiger partial charge in [-0.1, -0.05) is 0 Å². The van der Waals surface area contributed by atoms with Gasteiger partial charge in [0.25, 0.3) is 21.8 Å². The molecule has 67 heavy (non-hydrogen) atoms. The molecule has 348 valence electrons. The molecule has 4 aromatic carbocycles. The Hall–Kier alpha value is -7.42. The average molecular weight is 981 g/mol. The van der Waals surface area contributed by atoms with Crippen LogP contribution >= 0.6 is 18.9 Å². The number of rotatable bonds is 12. The quantitative estimate of drug-likeness (QED) is 0.0749. The number of sulfonamides is 1. The lowest BCUT2D eigenvalue weighted by Gasteiger charge is -2.22. The van der Waals surface area contributed by atoms with Gasteiger partial charge in [-0.15, -0.1) is 11.3 Å². The first-order chi connectivity index (χ1) is 31.7. The van der Waals surface area contributed by atoms with Crippen molar-refractivity contribution in [3.8, 4) is 68.6 Å². The van der Waals surface area contributed by atoms with Gasteiger partial charge >= 0.3 is 31.5 Å². The number of esters is 4. The molecule has 0 radical (unpaired) electrons. The van der Waals surface area contributed by atoms with Crippen molar-refractivity contribution in [2.24, 2.45) is 0 Å². The van der Waals surface area contributed by atoms with E-state index in [1.807, 2.05) is 4.72 Å². The number of carbonyl (C=O) groups is 6. The minimum absolute atomic E-state index is 0.00186. The van der Waals surface area contributed by atoms with Crippen LogP contribution in [0.2, 0.25) is 0 Å². The zero-order chi connectivity index (χ0) is 48.5. The van der Waals surface area contributed by atoms with Crippen LogP contribution in [0.15, 0.2) is 52.7 Å². The molecular formula is C42H34FN4O17PS2. The maximum absolute atomic E-state index is 14.2. The molecule has 0 aliphatic carbocycles. The lowest BCUT2D eigenvalue weighted by Crippen LogP contribution is -2.25. The number of amides is 2. The first-order valence-corrected chi connectivity index (χ1v) is 23.5. The number of ether oxygens (including phenoxy) is 6. The fourth-order valence-electron chi connectivity index (χ4n) is 6.81. The number of benzene rings is 4. The summed E-state index contributed by atoms with van der Waals surface area (Å²) in [6.45, 7) is 3.92. The van der Waals surface area contributed by atoms with Crippen molar-refractivity contribution in [1.82, 2.24) is 15.4 Å². The Morgan fingerprint density at radius 3 is 1.75 bits per heavy atom. The highest BCUT2D eigenvalue weighted by molar-refractivity contribution is 7.92. The smallest absolute Gasteiger partial charge is 0.391 e. The molecule has 4 N–H and O–H groups in total. The topological polar surface area (TPSA) is 298 Å². The van der Waals surface area contributed by atoms with E-state index in [0.717, 1.165) is 39.8 Å². The van der Waals surface area contributed by atoms with Gasteiger partial charge in [0.2, 0.25) is 0 Å². The lowest BCUT2D eigenvalue weighted by molar-refractivity contribution is -0.134. The van der Waals surface area contributed by atoms with Crippen LogP contribution in [-0.2, 0) is 33.8 Å². The summed E-state index contributed by atoms with van der Waals surface area (Å²) >= 11 is 0.633. The van der Waals surface area contributed by atoms with Crippen LogP contribution in [0.5, 0.6) is 40.2 Å². The van der Waals surface area contributed by atoms with Gasteiger partial charge in [-0.25, -0.2) is 17.4 Å². The maximum Gasteiger partial charge on any atom is 0.391 e. The number of nitrogens with zero attached hydrogens (tertiary/aromatic N) is 1. The van der Waals surface area contributed by atoms with Gasteiger partial charge in [0.05, 0.1) is 18.7 Å². The van der Waals surface area contributed by atoms with Crippen LogP contribution in [0.4, 0.5) is 4.39 Å². The van der Waals surface area contributed by atoms with Crippen LogP contribution in [0.25, 0.3) is 32.3 Å². The number of halogens is 1. The van der Waals surface area contributed by atoms with Gasteiger partial charge in [-0.3, -0.25) is 28.8 Å². The normalized spacial score (nSPS) is 14.2. The number of fused-ring (bicyclic) bond motifs is 3. The fraction of sp³-hybridized carbons (Fsp3) is 0.214. The van der Waals surface area contributed by atoms with E-state index in [9.17, 15) is 51.0 Å². The van der Waals surface area contributed by atoms with Crippen molar-refractivity contribution >= 4 is 74.7 Å². The molecule has 0 spiro atoms. The number of thiophene rings is 1. The number of nitriles is 1. The van der Waals surface area contributed by atoms with Crippen molar-refractivity contribution in [2.75, 3.05) is 32.6 Å². The maximum atomic E-state index is 14.2. The van der Waals surface area contributed by atoms with E-state index >= 15 is 0 Å². The second kappa shape index (κ2) is 18.8. The van der Waals surface area contributed by atoms with E-state index in [1.165, 1.54) is 30.3 Å². The van der Waals surface area contributed by atoms with Gasteiger partial charge < -0.3 is 48.5 Å². The summed E-state index contributed by atoms with van der Waals surface area (Å²) in [5, 5.41) is 14.3. The predicted octanol–water partition coefficient (Wildman–Crippen LogP) is 4.69. The number of hydrogen-bond acceptors (Lipinski definition) is 18. The van der Waals surface area contributed by atoms with E-state index in [0.29, 0.717) is 17.4 Å². The minimum Gasteiger partial charge on any atom is -0.491 e. The van der Waals surface area contributed by atoms with Crippen LogP contribution in [0.1, 0.15) is 54.0 Å². The molecule has 0 saturated carbocycles. The predicted molar refractivity (Wildman–Crippen MR) is 230 cm³/mol. The molecule has 25 heteroatoms. The van der Waals surface area contributed by atoms with Gasteiger partial charge in [0, 0.05) is 49.6 Å². The Morgan fingerprint density at radius 2 is 1.27 bits per heavy atom. The van der Waals surface area contributed by atoms with E-state index in [1.54, 1.807) is 6.07 Å². The van der Waals surface area contributed by atoms with Crippen LogP contribution in [-0.4, -0.2) is 81.6 Å². The number of nitrogens with one attached hydrogen (secondary N) is 3. The molecule has 3 heterocycles. The van der Waals surface area contributed by atoms with Crippen LogP contribution < -0.4 is 48.3 Å². The first-order valence-electron chi connectivity index (χ1n) is 19.4. The summed E-state index contributed by atoms with van der Waals surface area (Å²) in [6, 6.07) is 10.8. The SMILES string of the molecule is CC(=O)Oc1c(-c2cc3cc(S(=O)(=O)NCP(=O)(O)Oc4ccc(C#N)c(F)c4)sc3cc2-c2cc3c(c(OC(C)=O)c2OC(C)=O)C(=O)NCCO3)cc2c(c1OC(C)=O)C(=O)NCCO2. The van der Waals surface area contributed by atoms with E-state index in [-0.39, 0.29) is 86.8 Å². The molecule has 21 nitrogen and oxygen atoms in total. The lowest BCUT2D eigenvalue weighted by atomic mass is 9.90. The van der Waals surface area contributed by atoms with E-state index in [2.05, 4.69) is 10.6 Å².